The second-order valence-electron chi connectivity index (χ2n) is 5.04. The molecule has 24 heavy (non-hydrogen) atoms. The molecule has 8 heteroatoms. The number of hydrogen-bond donors (Lipinski definition) is 1. The van der Waals surface area contributed by atoms with Gasteiger partial charge in [-0.1, -0.05) is 23.7 Å². The summed E-state index contributed by atoms with van der Waals surface area (Å²) in [6.45, 7) is -0.0994. The lowest BCUT2D eigenvalue weighted by atomic mass is 10.1. The van der Waals surface area contributed by atoms with E-state index < -0.39 is 23.8 Å². The van der Waals surface area contributed by atoms with Crippen molar-refractivity contribution in [2.24, 2.45) is 0 Å². The van der Waals surface area contributed by atoms with Crippen LogP contribution in [0.4, 0.5) is 18.9 Å². The van der Waals surface area contributed by atoms with Gasteiger partial charge in [0.05, 0.1) is 11.3 Å². The number of alkyl halides is 3. The van der Waals surface area contributed by atoms with Crippen molar-refractivity contribution in [2.75, 3.05) is 11.9 Å². The molecule has 3 rings (SSSR count). The molecule has 1 amide bonds. The topological polar surface area (TPSA) is 47.6 Å². The van der Waals surface area contributed by atoms with Gasteiger partial charge < -0.3 is 14.8 Å². The monoisotopic (exact) mass is 357 g/mol. The fraction of sp³-hybridized carbons (Fsp3) is 0.188. The van der Waals surface area contributed by atoms with Crippen molar-refractivity contribution in [3.63, 3.8) is 0 Å². The van der Waals surface area contributed by atoms with Crippen LogP contribution in [0.25, 0.3) is 0 Å². The standard InChI is InChI=1S/C16H11ClF3NO3/c17-9-5-6-11(10(7-9)16(18,19)20)21-15(22)14-8-23-12-3-1-2-4-13(12)24-14/h1-7,14H,8H2,(H,21,22). The second-order valence-corrected chi connectivity index (χ2v) is 5.48. The molecule has 1 N–H and O–H groups in total. The minimum atomic E-state index is -4.65. The third kappa shape index (κ3) is 3.41. The van der Waals surface area contributed by atoms with Crippen molar-refractivity contribution in [3.05, 3.63) is 53.1 Å². The summed E-state index contributed by atoms with van der Waals surface area (Å²) in [7, 11) is 0. The average molecular weight is 358 g/mol. The molecule has 0 fully saturated rings. The Labute approximate surface area is 140 Å². The van der Waals surface area contributed by atoms with Crippen LogP contribution < -0.4 is 14.8 Å². The number of hydrogen-bond acceptors (Lipinski definition) is 3. The highest BCUT2D eigenvalue weighted by Gasteiger charge is 2.35. The summed E-state index contributed by atoms with van der Waals surface area (Å²) in [6, 6.07) is 9.84. The molecule has 1 heterocycles. The van der Waals surface area contributed by atoms with E-state index in [9.17, 15) is 18.0 Å². The fourth-order valence-corrected chi connectivity index (χ4v) is 2.39. The van der Waals surface area contributed by atoms with Crippen LogP contribution >= 0.6 is 11.6 Å². The van der Waals surface area contributed by atoms with Gasteiger partial charge in [0.25, 0.3) is 5.91 Å². The van der Waals surface area contributed by atoms with Crippen LogP contribution in [0.2, 0.25) is 5.02 Å². The molecule has 0 saturated carbocycles. The molecule has 2 aromatic carbocycles. The maximum Gasteiger partial charge on any atom is 0.418 e. The molecular weight excluding hydrogens is 347 g/mol. The molecule has 1 aliphatic heterocycles. The Kier molecular flexibility index (Phi) is 4.28. The first kappa shape index (κ1) is 16.4. The Morgan fingerprint density at radius 1 is 1.17 bits per heavy atom. The fourth-order valence-electron chi connectivity index (χ4n) is 2.22. The Hall–Kier alpha value is -2.41. The number of nitrogens with one attached hydrogen (secondary N) is 1. The summed E-state index contributed by atoms with van der Waals surface area (Å²) in [6.07, 6.45) is -5.71. The van der Waals surface area contributed by atoms with Gasteiger partial charge >= 0.3 is 6.18 Å². The number of para-hydroxylation sites is 2. The van der Waals surface area contributed by atoms with Crippen LogP contribution in [-0.4, -0.2) is 18.6 Å². The number of amides is 1. The molecule has 0 aromatic heterocycles. The van der Waals surface area contributed by atoms with E-state index in [1.54, 1.807) is 24.3 Å². The molecule has 1 unspecified atom stereocenters. The van der Waals surface area contributed by atoms with Crippen LogP contribution in [0, 0.1) is 0 Å². The van der Waals surface area contributed by atoms with Crippen LogP contribution in [0.3, 0.4) is 0 Å². The van der Waals surface area contributed by atoms with E-state index >= 15 is 0 Å². The lowest BCUT2D eigenvalue weighted by molar-refractivity contribution is -0.137. The number of carbonyl (C=O) groups is 1. The predicted octanol–water partition coefficient (Wildman–Crippen LogP) is 4.14. The molecule has 1 aliphatic rings. The minimum Gasteiger partial charge on any atom is -0.485 e. The summed E-state index contributed by atoms with van der Waals surface area (Å²) < 4.78 is 50.0. The largest absolute Gasteiger partial charge is 0.485 e. The van der Waals surface area contributed by atoms with Crippen molar-refractivity contribution in [1.82, 2.24) is 0 Å². The Morgan fingerprint density at radius 2 is 1.88 bits per heavy atom. The molecule has 1 atom stereocenters. The zero-order valence-corrected chi connectivity index (χ0v) is 12.8. The molecule has 4 nitrogen and oxygen atoms in total. The summed E-state index contributed by atoms with van der Waals surface area (Å²) in [5.41, 5.74) is -1.42. The third-order valence-electron chi connectivity index (χ3n) is 3.35. The minimum absolute atomic E-state index is 0.0773. The maximum absolute atomic E-state index is 13.1. The highest BCUT2D eigenvalue weighted by molar-refractivity contribution is 6.30. The molecular formula is C16H11ClF3NO3. The number of rotatable bonds is 2. The molecule has 0 aliphatic carbocycles. The van der Waals surface area contributed by atoms with Gasteiger partial charge in [-0.15, -0.1) is 0 Å². The normalized spacial score (nSPS) is 16.6. The van der Waals surface area contributed by atoms with Gasteiger partial charge in [0.1, 0.15) is 6.61 Å². The van der Waals surface area contributed by atoms with Gasteiger partial charge in [-0.2, -0.15) is 13.2 Å². The van der Waals surface area contributed by atoms with E-state index in [1.807, 2.05) is 0 Å². The Balaban J connectivity index is 1.79. The third-order valence-corrected chi connectivity index (χ3v) is 3.58. The average Bonchev–Trinajstić information content (AvgIpc) is 2.55. The van der Waals surface area contributed by atoms with Gasteiger partial charge in [0.2, 0.25) is 6.10 Å². The van der Waals surface area contributed by atoms with Crippen LogP contribution in [0.1, 0.15) is 5.56 Å². The van der Waals surface area contributed by atoms with E-state index in [4.69, 9.17) is 21.1 Å². The molecule has 0 spiro atoms. The van der Waals surface area contributed by atoms with Gasteiger partial charge in [0, 0.05) is 5.02 Å². The lowest BCUT2D eigenvalue weighted by Gasteiger charge is -2.26. The van der Waals surface area contributed by atoms with Gasteiger partial charge in [-0.25, -0.2) is 0 Å². The van der Waals surface area contributed by atoms with Crippen molar-refractivity contribution in [1.29, 1.82) is 0 Å². The molecule has 0 bridgehead atoms. The summed E-state index contributed by atoms with van der Waals surface area (Å²) in [5.74, 6) is 0.0948. The number of halogens is 4. The number of ether oxygens (including phenoxy) is 2. The lowest BCUT2D eigenvalue weighted by Crippen LogP contribution is -2.40. The predicted molar refractivity (Wildman–Crippen MR) is 81.4 cm³/mol. The van der Waals surface area contributed by atoms with Gasteiger partial charge in [0.15, 0.2) is 11.5 Å². The molecule has 0 saturated heterocycles. The van der Waals surface area contributed by atoms with Crippen LogP contribution in [0.15, 0.2) is 42.5 Å². The SMILES string of the molecule is O=C(Nc1ccc(Cl)cc1C(F)(F)F)C1COc2ccccc2O1. The second kappa shape index (κ2) is 6.24. The molecule has 126 valence electrons. The first-order valence-corrected chi connectivity index (χ1v) is 7.28. The van der Waals surface area contributed by atoms with E-state index in [0.717, 1.165) is 12.1 Å². The van der Waals surface area contributed by atoms with Crippen molar-refractivity contribution < 1.29 is 27.4 Å². The quantitative estimate of drug-likeness (QED) is 0.878. The first-order valence-electron chi connectivity index (χ1n) is 6.90. The number of benzene rings is 2. The van der Waals surface area contributed by atoms with E-state index in [0.29, 0.717) is 11.5 Å². The number of fused-ring (bicyclic) bond motifs is 1. The summed E-state index contributed by atoms with van der Waals surface area (Å²) in [5, 5.41) is 2.14. The van der Waals surface area contributed by atoms with E-state index in [1.165, 1.54) is 6.07 Å². The summed E-state index contributed by atoms with van der Waals surface area (Å²) >= 11 is 5.61. The van der Waals surface area contributed by atoms with Crippen molar-refractivity contribution >= 4 is 23.2 Å². The van der Waals surface area contributed by atoms with Gasteiger partial charge in [-0.05, 0) is 30.3 Å². The van der Waals surface area contributed by atoms with Crippen molar-refractivity contribution in [3.8, 4) is 11.5 Å². The van der Waals surface area contributed by atoms with Gasteiger partial charge in [-0.3, -0.25) is 4.79 Å². The first-order chi connectivity index (χ1) is 11.3. The molecule has 2 aromatic rings. The maximum atomic E-state index is 13.1. The highest BCUT2D eigenvalue weighted by Crippen LogP contribution is 2.37. The molecule has 0 radical (unpaired) electrons. The summed E-state index contributed by atoms with van der Waals surface area (Å²) in [4.78, 5) is 12.2. The highest BCUT2D eigenvalue weighted by atomic mass is 35.5. The zero-order valence-electron chi connectivity index (χ0n) is 12.1. The Bertz CT molecular complexity index is 779. The van der Waals surface area contributed by atoms with Crippen LogP contribution in [-0.2, 0) is 11.0 Å². The van der Waals surface area contributed by atoms with Crippen molar-refractivity contribution in [2.45, 2.75) is 12.3 Å². The van der Waals surface area contributed by atoms with E-state index in [-0.39, 0.29) is 17.3 Å². The Morgan fingerprint density at radius 3 is 2.58 bits per heavy atom. The number of carbonyl (C=O) groups excluding carboxylic acids is 1. The zero-order chi connectivity index (χ0) is 17.3. The van der Waals surface area contributed by atoms with Crippen LogP contribution in [0.5, 0.6) is 11.5 Å². The van der Waals surface area contributed by atoms with E-state index in [2.05, 4.69) is 5.32 Å². The number of anilines is 1. The smallest absolute Gasteiger partial charge is 0.418 e.